The monoisotopic (exact) mass is 450 g/mol. The van der Waals surface area contributed by atoms with E-state index in [2.05, 4.69) is 40.1 Å². The smallest absolute Gasteiger partial charge is 0.0999 e. The highest BCUT2D eigenvalue weighted by molar-refractivity contribution is 6.09. The van der Waals surface area contributed by atoms with Crippen molar-refractivity contribution in [2.75, 3.05) is 33.3 Å². The zero-order valence-corrected chi connectivity index (χ0v) is 19.8. The third kappa shape index (κ3) is 5.15. The number of ether oxygens (including phenoxy) is 1. The molecule has 2 N–H and O–H groups in total. The highest BCUT2D eigenvalue weighted by Crippen LogP contribution is 2.26. The van der Waals surface area contributed by atoms with Crippen molar-refractivity contribution >= 4 is 17.3 Å². The average molecular weight is 451 g/mol. The summed E-state index contributed by atoms with van der Waals surface area (Å²) in [5, 5.41) is 9.04. The van der Waals surface area contributed by atoms with E-state index in [-0.39, 0.29) is 0 Å². The Morgan fingerprint density at radius 1 is 1.30 bits per heavy atom. The molecule has 0 bridgehead atoms. The Kier molecular flexibility index (Phi) is 7.51. The summed E-state index contributed by atoms with van der Waals surface area (Å²) in [6.07, 6.45) is 14.5. The molecule has 0 radical (unpaired) electrons. The van der Waals surface area contributed by atoms with Crippen LogP contribution in [0.15, 0.2) is 42.0 Å². The first kappa shape index (κ1) is 23.1. The molecule has 0 amide bonds. The largest absolute Gasteiger partial charge is 0.404 e. The third-order valence-electron chi connectivity index (χ3n) is 6.39. The second-order valence-electron chi connectivity index (χ2n) is 8.42. The van der Waals surface area contributed by atoms with E-state index < -0.39 is 0 Å². The Hall–Kier alpha value is -3.04. The predicted octanol–water partition coefficient (Wildman–Crippen LogP) is 3.05. The standard InChI is InChI=1S/C24H34N8O/c1-4-20(5-2)31-15-19(14-28-31)24-23-6-8-27-32(23)17-22(29-24)18(12-25)13-26-9-11-30-10-7-21(16-30)33-3/h6,8,12-15,17,20-21H,4-5,7,9-11,16,25H2,1-3H3. The van der Waals surface area contributed by atoms with E-state index in [9.17, 15) is 0 Å². The van der Waals surface area contributed by atoms with Crippen LogP contribution < -0.4 is 5.73 Å². The van der Waals surface area contributed by atoms with Crippen LogP contribution in [0, 0.1) is 0 Å². The van der Waals surface area contributed by atoms with E-state index in [4.69, 9.17) is 15.5 Å². The summed E-state index contributed by atoms with van der Waals surface area (Å²) in [4.78, 5) is 11.9. The molecule has 4 rings (SSSR count). The maximum absolute atomic E-state index is 5.97. The zero-order valence-electron chi connectivity index (χ0n) is 19.8. The Balaban J connectivity index is 1.54. The van der Waals surface area contributed by atoms with E-state index in [1.54, 1.807) is 25.7 Å². The molecular formula is C24H34N8O. The van der Waals surface area contributed by atoms with Crippen LogP contribution in [0.4, 0.5) is 0 Å². The Morgan fingerprint density at radius 3 is 2.88 bits per heavy atom. The van der Waals surface area contributed by atoms with Gasteiger partial charge in [0.05, 0.1) is 54.2 Å². The van der Waals surface area contributed by atoms with E-state index in [1.807, 2.05) is 27.7 Å². The summed E-state index contributed by atoms with van der Waals surface area (Å²) < 4.78 is 9.30. The van der Waals surface area contributed by atoms with Gasteiger partial charge < -0.3 is 10.5 Å². The molecule has 4 heterocycles. The molecule has 3 aromatic heterocycles. The van der Waals surface area contributed by atoms with Crippen LogP contribution in [0.25, 0.3) is 22.3 Å². The number of allylic oxidation sites excluding steroid dienone is 1. The first-order valence-corrected chi connectivity index (χ1v) is 11.7. The predicted molar refractivity (Wildman–Crippen MR) is 131 cm³/mol. The van der Waals surface area contributed by atoms with Gasteiger partial charge in [0.1, 0.15) is 0 Å². The molecule has 1 aliphatic heterocycles. The van der Waals surface area contributed by atoms with E-state index in [0.717, 1.165) is 66.9 Å². The number of nitrogens with two attached hydrogens (primary N) is 1. The first-order chi connectivity index (χ1) is 16.2. The number of nitrogens with zero attached hydrogens (tertiary/aromatic N) is 7. The van der Waals surface area contributed by atoms with Gasteiger partial charge in [0.15, 0.2) is 0 Å². The van der Waals surface area contributed by atoms with Crippen LogP contribution in [0.3, 0.4) is 0 Å². The second kappa shape index (κ2) is 10.7. The topological polar surface area (TPSA) is 98.9 Å². The Labute approximate surface area is 195 Å². The van der Waals surface area contributed by atoms with Gasteiger partial charge in [0.2, 0.25) is 0 Å². The highest BCUT2D eigenvalue weighted by Gasteiger charge is 2.21. The molecule has 0 saturated carbocycles. The lowest BCUT2D eigenvalue weighted by molar-refractivity contribution is 0.108. The maximum Gasteiger partial charge on any atom is 0.0999 e. The number of aromatic nitrogens is 5. The van der Waals surface area contributed by atoms with Crippen LogP contribution >= 0.6 is 0 Å². The molecule has 1 fully saturated rings. The first-order valence-electron chi connectivity index (χ1n) is 11.7. The van der Waals surface area contributed by atoms with Gasteiger partial charge >= 0.3 is 0 Å². The number of hydrogen-bond acceptors (Lipinski definition) is 7. The average Bonchev–Trinajstić information content (AvgIpc) is 3.60. The number of fused-ring (bicyclic) bond motifs is 1. The van der Waals surface area contributed by atoms with Gasteiger partial charge in [-0.2, -0.15) is 10.2 Å². The van der Waals surface area contributed by atoms with Crippen molar-refractivity contribution in [1.82, 2.24) is 29.3 Å². The van der Waals surface area contributed by atoms with Gasteiger partial charge in [0.25, 0.3) is 0 Å². The summed E-state index contributed by atoms with van der Waals surface area (Å²) in [5.41, 5.74) is 10.2. The zero-order chi connectivity index (χ0) is 23.2. The van der Waals surface area contributed by atoms with Crippen molar-refractivity contribution in [2.45, 2.75) is 45.3 Å². The molecule has 1 saturated heterocycles. The Morgan fingerprint density at radius 2 is 2.15 bits per heavy atom. The van der Waals surface area contributed by atoms with Crippen LogP contribution in [0.5, 0.6) is 0 Å². The van der Waals surface area contributed by atoms with Crippen molar-refractivity contribution in [1.29, 1.82) is 0 Å². The minimum absolute atomic E-state index is 0.339. The van der Waals surface area contributed by atoms with Crippen molar-refractivity contribution in [3.8, 4) is 11.3 Å². The van der Waals surface area contributed by atoms with Crippen LogP contribution in [0.2, 0.25) is 0 Å². The number of rotatable bonds is 10. The van der Waals surface area contributed by atoms with Crippen LogP contribution in [-0.4, -0.2) is 74.9 Å². The maximum atomic E-state index is 5.97. The molecule has 33 heavy (non-hydrogen) atoms. The van der Waals surface area contributed by atoms with Gasteiger partial charge in [-0.05, 0) is 25.3 Å². The molecule has 0 aliphatic carbocycles. The molecule has 1 atom stereocenters. The van der Waals surface area contributed by atoms with Crippen molar-refractivity contribution < 1.29 is 4.74 Å². The number of aliphatic imine (C=N–C) groups is 1. The molecule has 3 aromatic rings. The second-order valence-corrected chi connectivity index (χ2v) is 8.42. The lowest BCUT2D eigenvalue weighted by Crippen LogP contribution is -2.25. The minimum atomic E-state index is 0.339. The Bertz CT molecular complexity index is 1110. The van der Waals surface area contributed by atoms with Gasteiger partial charge in [-0.1, -0.05) is 13.8 Å². The highest BCUT2D eigenvalue weighted by atomic mass is 16.5. The van der Waals surface area contributed by atoms with E-state index >= 15 is 0 Å². The summed E-state index contributed by atoms with van der Waals surface area (Å²) in [7, 11) is 1.78. The fourth-order valence-electron chi connectivity index (χ4n) is 4.35. The summed E-state index contributed by atoms with van der Waals surface area (Å²) in [6.45, 7) is 7.99. The van der Waals surface area contributed by atoms with Crippen molar-refractivity contribution in [3.63, 3.8) is 0 Å². The van der Waals surface area contributed by atoms with Gasteiger partial charge in [0, 0.05) is 56.5 Å². The lowest BCUT2D eigenvalue weighted by atomic mass is 10.1. The molecule has 0 spiro atoms. The third-order valence-corrected chi connectivity index (χ3v) is 6.39. The number of likely N-dealkylation sites (tertiary alicyclic amines) is 1. The molecule has 9 heteroatoms. The SMILES string of the molecule is CCC(CC)n1cc(-c2nc(C(C=NCCN3CCC(OC)C3)=CN)cn3nccc23)cn1. The normalized spacial score (nSPS) is 17.8. The summed E-state index contributed by atoms with van der Waals surface area (Å²) in [5.74, 6) is 0. The number of hydrogen-bond donors (Lipinski definition) is 1. The molecular weight excluding hydrogens is 416 g/mol. The number of methoxy groups -OCH3 is 1. The molecule has 0 aromatic carbocycles. The molecule has 1 unspecified atom stereocenters. The minimum Gasteiger partial charge on any atom is -0.404 e. The van der Waals surface area contributed by atoms with Gasteiger partial charge in [-0.15, -0.1) is 0 Å². The fraction of sp³-hybridized carbons (Fsp3) is 0.500. The van der Waals surface area contributed by atoms with Crippen molar-refractivity contribution in [3.05, 3.63) is 42.7 Å². The molecule has 1 aliphatic rings. The molecule has 176 valence electrons. The van der Waals surface area contributed by atoms with E-state index in [0.29, 0.717) is 18.7 Å². The summed E-state index contributed by atoms with van der Waals surface area (Å²) in [6, 6.07) is 2.34. The lowest BCUT2D eigenvalue weighted by Gasteiger charge is -2.13. The quantitative estimate of drug-likeness (QED) is 0.477. The van der Waals surface area contributed by atoms with Crippen LogP contribution in [0.1, 0.15) is 44.8 Å². The van der Waals surface area contributed by atoms with Gasteiger partial charge in [-0.25, -0.2) is 9.50 Å². The molecule has 9 nitrogen and oxygen atoms in total. The van der Waals surface area contributed by atoms with Crippen molar-refractivity contribution in [2.24, 2.45) is 10.7 Å². The van der Waals surface area contributed by atoms with Gasteiger partial charge in [-0.3, -0.25) is 14.6 Å². The summed E-state index contributed by atoms with van der Waals surface area (Å²) >= 11 is 0. The van der Waals surface area contributed by atoms with E-state index in [1.165, 1.54) is 0 Å². The fourth-order valence-corrected chi connectivity index (χ4v) is 4.35. The van der Waals surface area contributed by atoms with Crippen LogP contribution in [-0.2, 0) is 4.74 Å².